The van der Waals surface area contributed by atoms with Gasteiger partial charge in [0.2, 0.25) is 0 Å². The van der Waals surface area contributed by atoms with Crippen molar-refractivity contribution in [2.24, 2.45) is 0 Å². The minimum Gasteiger partial charge on any atom is -0.207 e. The number of hydrogen-bond donors (Lipinski definition) is 0. The Kier molecular flexibility index (Phi) is 2.45. The zero-order valence-electron chi connectivity index (χ0n) is 10.5. The summed E-state index contributed by atoms with van der Waals surface area (Å²) < 4.78 is 13.6. The van der Waals surface area contributed by atoms with E-state index in [9.17, 15) is 4.39 Å². The van der Waals surface area contributed by atoms with Crippen molar-refractivity contribution in [2.75, 3.05) is 0 Å². The van der Waals surface area contributed by atoms with Crippen LogP contribution in [0, 0.1) is 5.82 Å². The van der Waals surface area contributed by atoms with Gasteiger partial charge in [0.05, 0.1) is 0 Å². The summed E-state index contributed by atoms with van der Waals surface area (Å²) >= 11 is 6.38. The molecule has 20 heavy (non-hydrogen) atoms. The van der Waals surface area contributed by atoms with E-state index in [0.717, 1.165) is 32.3 Å². The summed E-state index contributed by atoms with van der Waals surface area (Å²) in [7, 11) is 0. The van der Waals surface area contributed by atoms with Gasteiger partial charge in [-0.1, -0.05) is 54.1 Å². The van der Waals surface area contributed by atoms with Gasteiger partial charge in [-0.05, 0) is 45.1 Å². The second-order valence-corrected chi connectivity index (χ2v) is 5.31. The Morgan fingerprint density at radius 3 is 2.10 bits per heavy atom. The predicted molar refractivity (Wildman–Crippen MR) is 83.9 cm³/mol. The molecule has 0 saturated carbocycles. The highest BCUT2D eigenvalue weighted by Gasteiger charge is 2.10. The van der Waals surface area contributed by atoms with Crippen LogP contribution in [0.3, 0.4) is 0 Å². The van der Waals surface area contributed by atoms with E-state index in [0.29, 0.717) is 5.02 Å². The monoisotopic (exact) mass is 280 g/mol. The van der Waals surface area contributed by atoms with Crippen LogP contribution in [0.1, 0.15) is 0 Å². The van der Waals surface area contributed by atoms with Gasteiger partial charge in [-0.2, -0.15) is 0 Å². The fraction of sp³-hybridized carbons (Fsp3) is 0. The van der Waals surface area contributed by atoms with E-state index < -0.39 is 0 Å². The van der Waals surface area contributed by atoms with Gasteiger partial charge >= 0.3 is 0 Å². The largest absolute Gasteiger partial charge is 0.207 e. The Bertz CT molecular complexity index is 958. The van der Waals surface area contributed by atoms with Gasteiger partial charge in [0.1, 0.15) is 5.82 Å². The third-order valence-electron chi connectivity index (χ3n) is 3.77. The summed E-state index contributed by atoms with van der Waals surface area (Å²) in [5.41, 5.74) is 0. The molecule has 0 spiro atoms. The molecule has 0 nitrogen and oxygen atoms in total. The zero-order valence-corrected chi connectivity index (χ0v) is 11.3. The number of hydrogen-bond acceptors (Lipinski definition) is 0. The Morgan fingerprint density at radius 2 is 1.30 bits per heavy atom. The average molecular weight is 281 g/mol. The first-order valence-electron chi connectivity index (χ1n) is 6.44. The molecule has 0 radical (unpaired) electrons. The van der Waals surface area contributed by atoms with Crippen molar-refractivity contribution in [3.8, 4) is 0 Å². The van der Waals surface area contributed by atoms with Crippen molar-refractivity contribution in [3.05, 3.63) is 71.5 Å². The highest BCUT2D eigenvalue weighted by molar-refractivity contribution is 6.40. The number of rotatable bonds is 0. The summed E-state index contributed by atoms with van der Waals surface area (Å²) in [6, 6.07) is 18.8. The molecule has 2 heteroatoms. The lowest BCUT2D eigenvalue weighted by Crippen LogP contribution is -1.85. The number of benzene rings is 4. The van der Waals surface area contributed by atoms with E-state index in [1.165, 1.54) is 6.07 Å². The molecule has 0 atom stereocenters. The maximum atomic E-state index is 13.6. The highest BCUT2D eigenvalue weighted by Crippen LogP contribution is 2.38. The second kappa shape index (κ2) is 4.19. The molecule has 96 valence electrons. The van der Waals surface area contributed by atoms with Gasteiger partial charge in [-0.15, -0.1) is 0 Å². The number of fused-ring (bicyclic) bond motifs is 6. The standard InChI is InChI=1S/C18H10ClF/c19-17-7-3-6-14-12-4-1-2-5-13(12)16-10-11(20)8-9-15(16)18(14)17/h1-10H. The fourth-order valence-electron chi connectivity index (χ4n) is 2.93. The Morgan fingerprint density at radius 1 is 0.650 bits per heavy atom. The van der Waals surface area contributed by atoms with Gasteiger partial charge in [-0.25, -0.2) is 4.39 Å². The van der Waals surface area contributed by atoms with E-state index in [1.807, 2.05) is 36.4 Å². The second-order valence-electron chi connectivity index (χ2n) is 4.90. The molecular weight excluding hydrogens is 271 g/mol. The summed E-state index contributed by atoms with van der Waals surface area (Å²) in [6.07, 6.45) is 0. The minimum atomic E-state index is -0.228. The summed E-state index contributed by atoms with van der Waals surface area (Å²) in [5.74, 6) is -0.228. The van der Waals surface area contributed by atoms with Crippen molar-refractivity contribution in [3.63, 3.8) is 0 Å². The maximum absolute atomic E-state index is 13.6. The van der Waals surface area contributed by atoms with Crippen molar-refractivity contribution >= 4 is 43.9 Å². The quantitative estimate of drug-likeness (QED) is 0.350. The molecule has 0 N–H and O–H groups in total. The molecule has 0 fully saturated rings. The molecular formula is C18H10ClF. The van der Waals surface area contributed by atoms with Crippen LogP contribution in [0.15, 0.2) is 60.7 Å². The van der Waals surface area contributed by atoms with Gasteiger partial charge < -0.3 is 0 Å². The maximum Gasteiger partial charge on any atom is 0.123 e. The first-order chi connectivity index (χ1) is 9.75. The normalized spacial score (nSPS) is 11.5. The Labute approximate surface area is 120 Å². The molecule has 4 rings (SSSR count). The van der Waals surface area contributed by atoms with E-state index in [2.05, 4.69) is 12.1 Å². The van der Waals surface area contributed by atoms with Crippen LogP contribution in [0.25, 0.3) is 32.3 Å². The van der Waals surface area contributed by atoms with Crippen LogP contribution >= 0.6 is 11.6 Å². The smallest absolute Gasteiger partial charge is 0.123 e. The van der Waals surface area contributed by atoms with Crippen LogP contribution in [0.2, 0.25) is 5.02 Å². The van der Waals surface area contributed by atoms with Gasteiger partial charge in [0, 0.05) is 10.4 Å². The van der Waals surface area contributed by atoms with Crippen LogP contribution in [-0.2, 0) is 0 Å². The van der Waals surface area contributed by atoms with E-state index >= 15 is 0 Å². The predicted octanol–water partition coefficient (Wildman–Crippen LogP) is 5.94. The summed E-state index contributed by atoms with van der Waals surface area (Å²) in [6.45, 7) is 0. The third kappa shape index (κ3) is 1.53. The lowest BCUT2D eigenvalue weighted by molar-refractivity contribution is 0.630. The molecule has 0 heterocycles. The molecule has 0 aromatic heterocycles. The van der Waals surface area contributed by atoms with Crippen LogP contribution < -0.4 is 0 Å². The topological polar surface area (TPSA) is 0 Å². The van der Waals surface area contributed by atoms with Crippen LogP contribution in [0.5, 0.6) is 0 Å². The van der Waals surface area contributed by atoms with Gasteiger partial charge in [0.15, 0.2) is 0 Å². The molecule has 0 aliphatic rings. The van der Waals surface area contributed by atoms with Crippen LogP contribution in [-0.4, -0.2) is 0 Å². The molecule has 4 aromatic carbocycles. The first kappa shape index (κ1) is 11.7. The molecule has 0 unspecified atom stereocenters. The summed E-state index contributed by atoms with van der Waals surface area (Å²) in [5, 5.41) is 6.84. The highest BCUT2D eigenvalue weighted by atomic mass is 35.5. The lowest BCUT2D eigenvalue weighted by Gasteiger charge is -2.11. The molecule has 0 saturated heterocycles. The van der Waals surface area contributed by atoms with Crippen molar-refractivity contribution < 1.29 is 4.39 Å². The van der Waals surface area contributed by atoms with Crippen molar-refractivity contribution in [2.45, 2.75) is 0 Å². The van der Waals surface area contributed by atoms with Crippen LogP contribution in [0.4, 0.5) is 4.39 Å². The molecule has 0 aliphatic carbocycles. The minimum absolute atomic E-state index is 0.228. The van der Waals surface area contributed by atoms with E-state index in [1.54, 1.807) is 6.07 Å². The Hall–Kier alpha value is -2.12. The van der Waals surface area contributed by atoms with E-state index in [4.69, 9.17) is 11.6 Å². The molecule has 0 amide bonds. The van der Waals surface area contributed by atoms with E-state index in [-0.39, 0.29) is 5.82 Å². The number of halogens is 2. The SMILES string of the molecule is Fc1ccc2c(c1)c1ccccc1c1cccc(Cl)c12. The first-order valence-corrected chi connectivity index (χ1v) is 6.82. The summed E-state index contributed by atoms with van der Waals surface area (Å²) in [4.78, 5) is 0. The molecule has 4 aromatic rings. The lowest BCUT2D eigenvalue weighted by atomic mass is 9.94. The van der Waals surface area contributed by atoms with Crippen molar-refractivity contribution in [1.82, 2.24) is 0 Å². The van der Waals surface area contributed by atoms with Gasteiger partial charge in [-0.3, -0.25) is 0 Å². The fourth-order valence-corrected chi connectivity index (χ4v) is 3.21. The van der Waals surface area contributed by atoms with Gasteiger partial charge in [0.25, 0.3) is 0 Å². The zero-order chi connectivity index (χ0) is 13.7. The average Bonchev–Trinajstić information content (AvgIpc) is 2.47. The third-order valence-corrected chi connectivity index (χ3v) is 4.09. The molecule has 0 bridgehead atoms. The Balaban J connectivity index is 2.45. The van der Waals surface area contributed by atoms with Crippen molar-refractivity contribution in [1.29, 1.82) is 0 Å². The molecule has 0 aliphatic heterocycles.